The molecule has 17 heavy (non-hydrogen) atoms. The number of unbranched alkanes of at least 4 members (excludes halogenated alkanes) is 2. The predicted molar refractivity (Wildman–Crippen MR) is 76.4 cm³/mol. The van der Waals surface area contributed by atoms with Crippen LogP contribution in [-0.2, 0) is 4.43 Å². The van der Waals surface area contributed by atoms with E-state index in [0.29, 0.717) is 5.04 Å². The zero-order chi connectivity index (χ0) is 13.5. The SMILES string of the molecule is C/C(C#N)=C/CCCCO[Si](C)(C)C(C)(C)C. The van der Waals surface area contributed by atoms with Gasteiger partial charge in [-0.25, -0.2) is 0 Å². The largest absolute Gasteiger partial charge is 0.417 e. The molecule has 0 atom stereocenters. The predicted octanol–water partition coefficient (Wildman–Crippen LogP) is 4.65. The van der Waals surface area contributed by atoms with Gasteiger partial charge < -0.3 is 4.43 Å². The summed E-state index contributed by atoms with van der Waals surface area (Å²) in [5, 5.41) is 8.89. The Morgan fingerprint density at radius 2 is 1.88 bits per heavy atom. The molecule has 0 heterocycles. The van der Waals surface area contributed by atoms with Gasteiger partial charge in [0.05, 0.1) is 6.07 Å². The van der Waals surface area contributed by atoms with Crippen molar-refractivity contribution in [1.82, 2.24) is 0 Å². The van der Waals surface area contributed by atoms with Crippen LogP contribution in [0.2, 0.25) is 18.1 Å². The molecule has 0 aliphatic carbocycles. The van der Waals surface area contributed by atoms with E-state index in [4.69, 9.17) is 9.69 Å². The Morgan fingerprint density at radius 1 is 1.29 bits per heavy atom. The zero-order valence-corrected chi connectivity index (χ0v) is 13.3. The molecular weight excluding hydrogens is 226 g/mol. The fourth-order valence-corrected chi connectivity index (χ4v) is 2.24. The van der Waals surface area contributed by atoms with Gasteiger partial charge in [-0.15, -0.1) is 0 Å². The van der Waals surface area contributed by atoms with Crippen LogP contribution in [0.15, 0.2) is 11.6 Å². The smallest absolute Gasteiger partial charge is 0.191 e. The minimum Gasteiger partial charge on any atom is -0.417 e. The van der Waals surface area contributed by atoms with Gasteiger partial charge in [-0.05, 0) is 44.3 Å². The number of nitriles is 1. The standard InChI is InChI=1S/C14H27NOSi/c1-13(12-15)10-8-7-9-11-16-17(5,6)14(2,3)4/h10H,7-9,11H2,1-6H3/b13-10-. The average Bonchev–Trinajstić information content (AvgIpc) is 2.21. The van der Waals surface area contributed by atoms with Crippen molar-refractivity contribution in [3.8, 4) is 6.07 Å². The Hall–Kier alpha value is -0.593. The second-order valence-corrected chi connectivity index (χ2v) is 10.9. The van der Waals surface area contributed by atoms with Gasteiger partial charge >= 0.3 is 0 Å². The van der Waals surface area contributed by atoms with Crippen molar-refractivity contribution in [2.45, 2.75) is 65.1 Å². The molecule has 0 amide bonds. The van der Waals surface area contributed by atoms with Gasteiger partial charge in [0.1, 0.15) is 0 Å². The van der Waals surface area contributed by atoms with E-state index in [1.54, 1.807) is 0 Å². The first-order valence-corrected chi connectivity index (χ1v) is 9.32. The summed E-state index contributed by atoms with van der Waals surface area (Å²) in [5.74, 6) is 0. The van der Waals surface area contributed by atoms with Crippen LogP contribution in [0.1, 0.15) is 47.0 Å². The number of allylic oxidation sites excluding steroid dienone is 2. The van der Waals surface area contributed by atoms with E-state index < -0.39 is 8.32 Å². The average molecular weight is 253 g/mol. The first kappa shape index (κ1) is 16.4. The van der Waals surface area contributed by atoms with E-state index in [1.165, 1.54) is 0 Å². The molecule has 0 aliphatic heterocycles. The van der Waals surface area contributed by atoms with E-state index in [9.17, 15) is 0 Å². The number of hydrogen-bond acceptors (Lipinski definition) is 2. The third-order valence-corrected chi connectivity index (χ3v) is 8.03. The first-order valence-electron chi connectivity index (χ1n) is 6.41. The van der Waals surface area contributed by atoms with Crippen molar-refractivity contribution < 1.29 is 4.43 Å². The van der Waals surface area contributed by atoms with E-state index in [-0.39, 0.29) is 0 Å². The molecule has 0 N–H and O–H groups in total. The van der Waals surface area contributed by atoms with Crippen molar-refractivity contribution in [2.24, 2.45) is 0 Å². The van der Waals surface area contributed by atoms with Crippen LogP contribution in [-0.4, -0.2) is 14.9 Å². The van der Waals surface area contributed by atoms with Crippen molar-refractivity contribution in [3.05, 3.63) is 11.6 Å². The molecule has 0 unspecified atom stereocenters. The van der Waals surface area contributed by atoms with Gasteiger partial charge in [-0.1, -0.05) is 26.8 Å². The molecule has 2 nitrogen and oxygen atoms in total. The summed E-state index contributed by atoms with van der Waals surface area (Å²) in [5.41, 5.74) is 0.815. The lowest BCUT2D eigenvalue weighted by atomic mass is 10.2. The van der Waals surface area contributed by atoms with Crippen LogP contribution >= 0.6 is 0 Å². The molecule has 0 rings (SSSR count). The van der Waals surface area contributed by atoms with Gasteiger partial charge in [-0.2, -0.15) is 5.26 Å². The second kappa shape index (κ2) is 6.98. The lowest BCUT2D eigenvalue weighted by molar-refractivity contribution is 0.279. The highest BCUT2D eigenvalue weighted by atomic mass is 28.4. The van der Waals surface area contributed by atoms with E-state index in [0.717, 1.165) is 31.4 Å². The van der Waals surface area contributed by atoms with Crippen molar-refractivity contribution in [3.63, 3.8) is 0 Å². The third kappa shape index (κ3) is 6.65. The first-order chi connectivity index (χ1) is 7.70. The number of hydrogen-bond donors (Lipinski definition) is 0. The van der Waals surface area contributed by atoms with Gasteiger partial charge in [0.25, 0.3) is 0 Å². The van der Waals surface area contributed by atoms with E-state index in [1.807, 2.05) is 13.0 Å². The maximum atomic E-state index is 8.60. The van der Waals surface area contributed by atoms with Gasteiger partial charge in [-0.3, -0.25) is 0 Å². The van der Waals surface area contributed by atoms with Crippen molar-refractivity contribution in [2.75, 3.05) is 6.61 Å². The minimum atomic E-state index is -1.56. The van der Waals surface area contributed by atoms with Gasteiger partial charge in [0, 0.05) is 12.2 Å². The quantitative estimate of drug-likeness (QED) is 0.392. The molecule has 3 heteroatoms. The summed E-state index contributed by atoms with van der Waals surface area (Å²) in [4.78, 5) is 0. The number of rotatable bonds is 6. The Labute approximate surface area is 108 Å². The number of nitrogens with zero attached hydrogens (tertiary/aromatic N) is 1. The third-order valence-electron chi connectivity index (χ3n) is 3.49. The summed E-state index contributed by atoms with van der Waals surface area (Å²) >= 11 is 0. The lowest BCUT2D eigenvalue weighted by Crippen LogP contribution is -2.40. The fourth-order valence-electron chi connectivity index (χ4n) is 1.15. The van der Waals surface area contributed by atoms with Gasteiger partial charge in [0.15, 0.2) is 8.32 Å². The van der Waals surface area contributed by atoms with Crippen molar-refractivity contribution >= 4 is 8.32 Å². The summed E-state index contributed by atoms with van der Waals surface area (Å²) in [6.07, 6.45) is 5.18. The van der Waals surface area contributed by atoms with E-state index in [2.05, 4.69) is 39.9 Å². The summed E-state index contributed by atoms with van der Waals surface area (Å²) in [7, 11) is -1.56. The van der Waals surface area contributed by atoms with Crippen LogP contribution < -0.4 is 0 Å². The summed E-state index contributed by atoms with van der Waals surface area (Å²) in [6.45, 7) is 14.1. The fraction of sp³-hybridized carbons (Fsp3) is 0.786. The highest BCUT2D eigenvalue weighted by Gasteiger charge is 2.36. The molecule has 0 fully saturated rings. The molecule has 0 radical (unpaired) electrons. The van der Waals surface area contributed by atoms with Gasteiger partial charge in [0.2, 0.25) is 0 Å². The zero-order valence-electron chi connectivity index (χ0n) is 12.3. The molecule has 0 aromatic rings. The van der Waals surface area contributed by atoms with Crippen LogP contribution in [0.5, 0.6) is 0 Å². The van der Waals surface area contributed by atoms with Crippen LogP contribution in [0, 0.1) is 11.3 Å². The Balaban J connectivity index is 3.77. The Kier molecular flexibility index (Phi) is 6.73. The molecular formula is C14H27NOSi. The second-order valence-electron chi connectivity index (χ2n) is 6.10. The normalized spacial score (nSPS) is 13.6. The highest BCUT2D eigenvalue weighted by molar-refractivity contribution is 6.74. The molecule has 0 aromatic heterocycles. The molecule has 0 spiro atoms. The van der Waals surface area contributed by atoms with E-state index >= 15 is 0 Å². The van der Waals surface area contributed by atoms with Crippen LogP contribution in [0.3, 0.4) is 0 Å². The Bertz CT molecular complexity index is 294. The molecule has 0 saturated carbocycles. The molecule has 0 aliphatic rings. The lowest BCUT2D eigenvalue weighted by Gasteiger charge is -2.36. The minimum absolute atomic E-state index is 0.296. The Morgan fingerprint density at radius 3 is 2.35 bits per heavy atom. The van der Waals surface area contributed by atoms with Crippen LogP contribution in [0.4, 0.5) is 0 Å². The summed E-state index contributed by atoms with van der Waals surface area (Å²) in [6, 6.07) is 2.14. The molecule has 98 valence electrons. The summed E-state index contributed by atoms with van der Waals surface area (Å²) < 4.78 is 6.08. The highest BCUT2D eigenvalue weighted by Crippen LogP contribution is 2.36. The molecule has 0 bridgehead atoms. The topological polar surface area (TPSA) is 33.0 Å². The maximum absolute atomic E-state index is 8.60. The monoisotopic (exact) mass is 253 g/mol. The molecule has 0 saturated heterocycles. The maximum Gasteiger partial charge on any atom is 0.191 e. The van der Waals surface area contributed by atoms with Crippen LogP contribution in [0.25, 0.3) is 0 Å². The molecule has 0 aromatic carbocycles. The van der Waals surface area contributed by atoms with Crippen molar-refractivity contribution in [1.29, 1.82) is 5.26 Å².